The summed E-state index contributed by atoms with van der Waals surface area (Å²) in [5.74, 6) is 0.998. The first kappa shape index (κ1) is 16.8. The first-order chi connectivity index (χ1) is 8.41. The molecule has 2 heteroatoms. The topological polar surface area (TPSA) is 35.2 Å². The van der Waals surface area contributed by atoms with Gasteiger partial charge in [-0.3, -0.25) is 0 Å². The van der Waals surface area contributed by atoms with E-state index in [1.807, 2.05) is 34.6 Å². The summed E-state index contributed by atoms with van der Waals surface area (Å²) >= 11 is 0. The molecule has 0 aromatic heterocycles. The van der Waals surface area contributed by atoms with Gasteiger partial charge in [0, 0.05) is 17.7 Å². The molecule has 0 amide bonds. The number of nitrogens with two attached hydrogens (primary N) is 1. The fourth-order valence-corrected chi connectivity index (χ4v) is 2.12. The van der Waals surface area contributed by atoms with Crippen LogP contribution in [0.1, 0.15) is 58.2 Å². The summed E-state index contributed by atoms with van der Waals surface area (Å²) in [4.78, 5) is 0. The molecule has 1 heterocycles. The summed E-state index contributed by atoms with van der Waals surface area (Å²) in [5, 5.41) is 0. The van der Waals surface area contributed by atoms with Crippen molar-refractivity contribution in [1.29, 1.82) is 0 Å². The minimum atomic E-state index is -0.102. The first-order valence-electron chi connectivity index (χ1n) is 6.98. The number of rotatable bonds is 0. The molecule has 2 N–H and O–H groups in total. The quantitative estimate of drug-likeness (QED) is 0.681. The highest BCUT2D eigenvalue weighted by atomic mass is 16.5. The zero-order valence-corrected chi connectivity index (χ0v) is 13.3. The lowest BCUT2D eigenvalue weighted by Crippen LogP contribution is -2.24. The summed E-state index contributed by atoms with van der Waals surface area (Å²) < 4.78 is 5.88. The molecule has 0 aliphatic carbocycles. The van der Waals surface area contributed by atoms with Gasteiger partial charge in [0.25, 0.3) is 0 Å². The van der Waals surface area contributed by atoms with Gasteiger partial charge in [0.2, 0.25) is 0 Å². The fourth-order valence-electron chi connectivity index (χ4n) is 2.12. The number of anilines is 1. The molecule has 1 aromatic rings. The Kier molecular flexibility index (Phi) is 6.23. The molecule has 0 bridgehead atoms. The minimum Gasteiger partial charge on any atom is -0.487 e. The Morgan fingerprint density at radius 2 is 1.56 bits per heavy atom. The fraction of sp³-hybridized carbons (Fsp3) is 0.625. The lowest BCUT2D eigenvalue weighted by Gasteiger charge is -2.17. The van der Waals surface area contributed by atoms with Gasteiger partial charge in [0.15, 0.2) is 0 Å². The Balaban J connectivity index is 0.000000659. The van der Waals surface area contributed by atoms with Crippen LogP contribution in [-0.2, 0) is 6.42 Å². The maximum Gasteiger partial charge on any atom is 0.128 e. The minimum absolute atomic E-state index is 0.102. The molecule has 0 spiro atoms. The molecular formula is C16H29NO. The largest absolute Gasteiger partial charge is 0.487 e. The molecular weight excluding hydrogens is 222 g/mol. The van der Waals surface area contributed by atoms with Crippen molar-refractivity contribution in [2.75, 3.05) is 5.73 Å². The molecule has 0 fully saturated rings. The van der Waals surface area contributed by atoms with Crippen LogP contribution in [0.4, 0.5) is 5.69 Å². The van der Waals surface area contributed by atoms with Crippen LogP contribution >= 0.6 is 0 Å². The molecule has 0 saturated carbocycles. The van der Waals surface area contributed by atoms with Gasteiger partial charge in [0.05, 0.1) is 0 Å². The lowest BCUT2D eigenvalue weighted by atomic mass is 9.97. The van der Waals surface area contributed by atoms with Gasteiger partial charge in [-0.25, -0.2) is 0 Å². The van der Waals surface area contributed by atoms with E-state index in [0.717, 1.165) is 23.4 Å². The van der Waals surface area contributed by atoms with E-state index in [9.17, 15) is 0 Å². The third-order valence-corrected chi connectivity index (χ3v) is 2.80. The van der Waals surface area contributed by atoms with E-state index >= 15 is 0 Å². The third kappa shape index (κ3) is 3.41. The second-order valence-electron chi connectivity index (χ2n) is 4.77. The van der Waals surface area contributed by atoms with Crippen molar-refractivity contribution < 1.29 is 4.74 Å². The second kappa shape index (κ2) is 6.67. The van der Waals surface area contributed by atoms with Crippen LogP contribution in [0.5, 0.6) is 5.75 Å². The summed E-state index contributed by atoms with van der Waals surface area (Å²) in [6, 6.07) is 2.09. The average Bonchev–Trinajstić information content (AvgIpc) is 2.68. The summed E-state index contributed by atoms with van der Waals surface area (Å²) in [6.45, 7) is 16.3. The molecule has 18 heavy (non-hydrogen) atoms. The molecule has 0 atom stereocenters. The molecule has 1 aromatic carbocycles. The predicted molar refractivity (Wildman–Crippen MR) is 81.4 cm³/mol. The van der Waals surface area contributed by atoms with Crippen LogP contribution in [0.3, 0.4) is 0 Å². The number of hydrogen-bond donors (Lipinski definition) is 1. The van der Waals surface area contributed by atoms with Crippen LogP contribution in [-0.4, -0.2) is 5.60 Å². The normalized spacial score (nSPS) is 14.4. The SMILES string of the molecule is CC.CC.Cc1cc(C)c2c(c1N)CC(C)(C)O2. The molecule has 0 saturated heterocycles. The van der Waals surface area contributed by atoms with Gasteiger partial charge in [-0.15, -0.1) is 0 Å². The number of hydrogen-bond acceptors (Lipinski definition) is 2. The van der Waals surface area contributed by atoms with E-state index in [1.165, 1.54) is 11.1 Å². The van der Waals surface area contributed by atoms with Crippen LogP contribution in [0.25, 0.3) is 0 Å². The van der Waals surface area contributed by atoms with Crippen molar-refractivity contribution in [1.82, 2.24) is 0 Å². The highest BCUT2D eigenvalue weighted by Crippen LogP contribution is 2.41. The van der Waals surface area contributed by atoms with Gasteiger partial charge in [-0.05, 0) is 38.8 Å². The Bertz CT molecular complexity index is 395. The molecule has 2 rings (SSSR count). The van der Waals surface area contributed by atoms with E-state index in [1.54, 1.807) is 0 Å². The van der Waals surface area contributed by atoms with Crippen molar-refractivity contribution >= 4 is 5.69 Å². The van der Waals surface area contributed by atoms with E-state index in [2.05, 4.69) is 26.8 Å². The standard InChI is InChI=1S/C12H17NO.2C2H6/c1-7-5-8(2)11-9(10(7)13)6-12(3,4)14-11;2*1-2/h5H,6,13H2,1-4H3;2*1-2H3. The number of nitrogen functional groups attached to an aromatic ring is 1. The van der Waals surface area contributed by atoms with Crippen molar-refractivity contribution in [3.8, 4) is 5.75 Å². The molecule has 104 valence electrons. The van der Waals surface area contributed by atoms with Crippen LogP contribution in [0.2, 0.25) is 0 Å². The van der Waals surface area contributed by atoms with Gasteiger partial charge >= 0.3 is 0 Å². The molecule has 0 unspecified atom stereocenters. The molecule has 1 aliphatic heterocycles. The average molecular weight is 251 g/mol. The maximum atomic E-state index is 6.04. The van der Waals surface area contributed by atoms with Crippen molar-refractivity contribution in [3.05, 3.63) is 22.8 Å². The predicted octanol–water partition coefficient (Wildman–Crippen LogP) is 4.65. The van der Waals surface area contributed by atoms with Gasteiger partial charge < -0.3 is 10.5 Å². The second-order valence-corrected chi connectivity index (χ2v) is 4.77. The Hall–Kier alpha value is -1.18. The summed E-state index contributed by atoms with van der Waals surface area (Å²) in [7, 11) is 0. The molecule has 2 nitrogen and oxygen atoms in total. The van der Waals surface area contributed by atoms with E-state index in [-0.39, 0.29) is 5.60 Å². The van der Waals surface area contributed by atoms with Gasteiger partial charge in [-0.1, -0.05) is 33.8 Å². The lowest BCUT2D eigenvalue weighted by molar-refractivity contribution is 0.137. The Morgan fingerprint density at radius 3 is 2.06 bits per heavy atom. The first-order valence-corrected chi connectivity index (χ1v) is 6.98. The van der Waals surface area contributed by atoms with Crippen LogP contribution in [0, 0.1) is 13.8 Å². The molecule has 1 aliphatic rings. The smallest absolute Gasteiger partial charge is 0.128 e. The maximum absolute atomic E-state index is 6.04. The Morgan fingerprint density at radius 1 is 1.06 bits per heavy atom. The third-order valence-electron chi connectivity index (χ3n) is 2.80. The summed E-state index contributed by atoms with van der Waals surface area (Å²) in [6.07, 6.45) is 0.913. The number of fused-ring (bicyclic) bond motifs is 1. The van der Waals surface area contributed by atoms with Crippen molar-refractivity contribution in [2.45, 2.75) is 67.4 Å². The molecule has 0 radical (unpaired) electrons. The Labute approximate surface area is 113 Å². The number of ether oxygens (including phenoxy) is 1. The monoisotopic (exact) mass is 251 g/mol. The van der Waals surface area contributed by atoms with Crippen LogP contribution < -0.4 is 10.5 Å². The van der Waals surface area contributed by atoms with E-state index in [0.29, 0.717) is 0 Å². The van der Waals surface area contributed by atoms with E-state index < -0.39 is 0 Å². The van der Waals surface area contributed by atoms with Gasteiger partial charge in [0.1, 0.15) is 11.4 Å². The number of aryl methyl sites for hydroxylation is 2. The number of benzene rings is 1. The summed E-state index contributed by atoms with van der Waals surface area (Å²) in [5.41, 5.74) is 10.4. The van der Waals surface area contributed by atoms with Gasteiger partial charge in [-0.2, -0.15) is 0 Å². The van der Waals surface area contributed by atoms with Crippen molar-refractivity contribution in [3.63, 3.8) is 0 Å². The zero-order chi connectivity index (χ0) is 14.5. The van der Waals surface area contributed by atoms with E-state index in [4.69, 9.17) is 10.5 Å². The zero-order valence-electron chi connectivity index (χ0n) is 13.3. The highest BCUT2D eigenvalue weighted by Gasteiger charge is 2.33. The van der Waals surface area contributed by atoms with Crippen LogP contribution in [0.15, 0.2) is 6.07 Å². The highest BCUT2D eigenvalue weighted by molar-refractivity contribution is 5.64. The van der Waals surface area contributed by atoms with Crippen molar-refractivity contribution in [2.24, 2.45) is 0 Å².